The standard InChI is InChI=1S/C13H15BrFNO4S/c14-11-2-1-9(7-12(11)15)13(18)16(4-5-17)10-3-6-21(19,20)8-10/h1-2,7,10,17H,3-6,8H2. The van der Waals surface area contributed by atoms with Gasteiger partial charge in [0.1, 0.15) is 5.82 Å². The largest absolute Gasteiger partial charge is 0.395 e. The lowest BCUT2D eigenvalue weighted by Crippen LogP contribution is -2.42. The van der Waals surface area contributed by atoms with Crippen molar-refractivity contribution in [2.75, 3.05) is 24.7 Å². The van der Waals surface area contributed by atoms with Crippen molar-refractivity contribution >= 4 is 31.7 Å². The second kappa shape index (κ2) is 6.41. The van der Waals surface area contributed by atoms with Crippen LogP contribution < -0.4 is 0 Å². The first-order valence-corrected chi connectivity index (χ1v) is 9.03. The minimum atomic E-state index is -3.15. The van der Waals surface area contributed by atoms with Crippen LogP contribution in [-0.2, 0) is 9.84 Å². The third-order valence-electron chi connectivity index (χ3n) is 3.42. The third-order valence-corrected chi connectivity index (χ3v) is 5.81. The summed E-state index contributed by atoms with van der Waals surface area (Å²) in [5, 5.41) is 9.10. The highest BCUT2D eigenvalue weighted by Gasteiger charge is 2.34. The number of carbonyl (C=O) groups excluding carboxylic acids is 1. The Hall–Kier alpha value is -0.990. The summed E-state index contributed by atoms with van der Waals surface area (Å²) in [6.07, 6.45) is 0.340. The van der Waals surface area contributed by atoms with Crippen LogP contribution in [0.2, 0.25) is 0 Å². The highest BCUT2D eigenvalue weighted by molar-refractivity contribution is 9.10. The molecule has 1 amide bonds. The van der Waals surface area contributed by atoms with E-state index in [4.69, 9.17) is 5.11 Å². The van der Waals surface area contributed by atoms with E-state index >= 15 is 0 Å². The average Bonchev–Trinajstić information content (AvgIpc) is 2.78. The van der Waals surface area contributed by atoms with Crippen LogP contribution in [0.1, 0.15) is 16.8 Å². The molecule has 8 heteroatoms. The summed E-state index contributed by atoms with van der Waals surface area (Å²) in [5.41, 5.74) is 0.133. The number of rotatable bonds is 4. The molecule has 0 aromatic heterocycles. The normalized spacial score (nSPS) is 20.4. The maximum Gasteiger partial charge on any atom is 0.254 e. The third kappa shape index (κ3) is 3.81. The molecule has 1 aliphatic rings. The number of carbonyl (C=O) groups is 1. The summed E-state index contributed by atoms with van der Waals surface area (Å²) in [5.74, 6) is -1.12. The number of nitrogens with zero attached hydrogens (tertiary/aromatic N) is 1. The summed E-state index contributed by atoms with van der Waals surface area (Å²) >= 11 is 3.01. The minimum Gasteiger partial charge on any atom is -0.395 e. The maximum atomic E-state index is 13.5. The van der Waals surface area contributed by atoms with Gasteiger partial charge in [0.25, 0.3) is 5.91 Å². The number of amides is 1. The molecule has 2 rings (SSSR count). The van der Waals surface area contributed by atoms with Crippen molar-refractivity contribution in [2.24, 2.45) is 0 Å². The summed E-state index contributed by atoms with van der Waals surface area (Å²) < 4.78 is 36.9. The van der Waals surface area contributed by atoms with Gasteiger partial charge < -0.3 is 10.0 Å². The van der Waals surface area contributed by atoms with Crippen molar-refractivity contribution in [3.63, 3.8) is 0 Å². The van der Waals surface area contributed by atoms with Gasteiger partial charge in [-0.15, -0.1) is 0 Å². The first-order valence-electron chi connectivity index (χ1n) is 6.41. The van der Waals surface area contributed by atoms with Gasteiger partial charge in [0.15, 0.2) is 9.84 Å². The van der Waals surface area contributed by atoms with Crippen molar-refractivity contribution in [1.82, 2.24) is 4.90 Å². The lowest BCUT2D eigenvalue weighted by molar-refractivity contribution is 0.0655. The Labute approximate surface area is 130 Å². The van der Waals surface area contributed by atoms with Crippen LogP contribution in [0.5, 0.6) is 0 Å². The van der Waals surface area contributed by atoms with Gasteiger partial charge in [-0.1, -0.05) is 0 Å². The van der Waals surface area contributed by atoms with Gasteiger partial charge in [0, 0.05) is 18.2 Å². The maximum absolute atomic E-state index is 13.5. The van der Waals surface area contributed by atoms with E-state index in [1.807, 2.05) is 0 Å². The van der Waals surface area contributed by atoms with Crippen molar-refractivity contribution in [2.45, 2.75) is 12.5 Å². The number of halogens is 2. The van der Waals surface area contributed by atoms with Crippen LogP contribution in [-0.4, -0.2) is 55.0 Å². The molecular formula is C13H15BrFNO4S. The molecule has 0 aliphatic carbocycles. The second-order valence-corrected chi connectivity index (χ2v) is 7.99. The van der Waals surface area contributed by atoms with Crippen molar-refractivity contribution in [1.29, 1.82) is 0 Å². The molecule has 0 bridgehead atoms. The van der Waals surface area contributed by atoms with Gasteiger partial charge in [0.2, 0.25) is 0 Å². The van der Waals surface area contributed by atoms with E-state index in [2.05, 4.69) is 15.9 Å². The number of hydrogen-bond donors (Lipinski definition) is 1. The second-order valence-electron chi connectivity index (χ2n) is 4.91. The Morgan fingerprint density at radius 1 is 1.48 bits per heavy atom. The van der Waals surface area contributed by atoms with E-state index in [1.165, 1.54) is 17.0 Å². The van der Waals surface area contributed by atoms with Crippen LogP contribution in [0.3, 0.4) is 0 Å². The Morgan fingerprint density at radius 2 is 2.19 bits per heavy atom. The number of sulfone groups is 1. The van der Waals surface area contributed by atoms with Crippen LogP contribution >= 0.6 is 15.9 Å². The molecule has 1 aliphatic heterocycles. The van der Waals surface area contributed by atoms with Crippen molar-refractivity contribution in [3.05, 3.63) is 34.1 Å². The Kier molecular flexibility index (Phi) is 5.00. The molecular weight excluding hydrogens is 365 g/mol. The smallest absolute Gasteiger partial charge is 0.254 e. The topological polar surface area (TPSA) is 74.7 Å². The predicted octanol–water partition coefficient (Wildman–Crippen LogP) is 1.21. The highest BCUT2D eigenvalue weighted by Crippen LogP contribution is 2.22. The minimum absolute atomic E-state index is 0.0245. The molecule has 0 saturated carbocycles. The van der Waals surface area contributed by atoms with Crippen molar-refractivity contribution < 1.29 is 22.7 Å². The Morgan fingerprint density at radius 3 is 2.71 bits per heavy atom. The zero-order valence-corrected chi connectivity index (χ0v) is 13.5. The van der Waals surface area contributed by atoms with Gasteiger partial charge in [-0.25, -0.2) is 12.8 Å². The van der Waals surface area contributed by atoms with Crippen LogP contribution in [0.4, 0.5) is 4.39 Å². The molecule has 1 saturated heterocycles. The summed E-state index contributed by atoms with van der Waals surface area (Å²) in [6, 6.07) is 3.51. The van der Waals surface area contributed by atoms with E-state index in [1.54, 1.807) is 0 Å². The predicted molar refractivity (Wildman–Crippen MR) is 79.3 cm³/mol. The zero-order chi connectivity index (χ0) is 15.6. The average molecular weight is 380 g/mol. The number of aliphatic hydroxyl groups excluding tert-OH is 1. The molecule has 1 atom stereocenters. The fourth-order valence-electron chi connectivity index (χ4n) is 2.37. The molecule has 0 spiro atoms. The first kappa shape index (κ1) is 16.4. The lowest BCUT2D eigenvalue weighted by atomic mass is 10.1. The molecule has 21 heavy (non-hydrogen) atoms. The molecule has 1 heterocycles. The molecule has 1 aromatic carbocycles. The van der Waals surface area contributed by atoms with E-state index in [-0.39, 0.29) is 34.7 Å². The molecule has 1 N–H and O–H groups in total. The fraction of sp³-hybridized carbons (Fsp3) is 0.462. The summed E-state index contributed by atoms with van der Waals surface area (Å²) in [4.78, 5) is 13.7. The monoisotopic (exact) mass is 379 g/mol. The quantitative estimate of drug-likeness (QED) is 0.852. The number of aliphatic hydroxyl groups is 1. The lowest BCUT2D eigenvalue weighted by Gasteiger charge is -2.27. The number of benzene rings is 1. The van der Waals surface area contributed by atoms with Gasteiger partial charge in [-0.3, -0.25) is 4.79 Å². The Balaban J connectivity index is 2.25. The van der Waals surface area contributed by atoms with Gasteiger partial charge in [0.05, 0.1) is 22.6 Å². The van der Waals surface area contributed by atoms with Crippen LogP contribution in [0.25, 0.3) is 0 Å². The zero-order valence-electron chi connectivity index (χ0n) is 11.1. The van der Waals surface area contributed by atoms with E-state index in [0.717, 1.165) is 6.07 Å². The number of hydrogen-bond acceptors (Lipinski definition) is 4. The van der Waals surface area contributed by atoms with Crippen LogP contribution in [0.15, 0.2) is 22.7 Å². The molecule has 5 nitrogen and oxygen atoms in total. The highest BCUT2D eigenvalue weighted by atomic mass is 79.9. The molecule has 0 radical (unpaired) electrons. The van der Waals surface area contributed by atoms with E-state index in [0.29, 0.717) is 6.42 Å². The van der Waals surface area contributed by atoms with E-state index < -0.39 is 27.6 Å². The SMILES string of the molecule is O=C(c1ccc(Br)c(F)c1)N(CCO)C1CCS(=O)(=O)C1. The van der Waals surface area contributed by atoms with Gasteiger partial charge >= 0.3 is 0 Å². The molecule has 1 fully saturated rings. The summed E-state index contributed by atoms with van der Waals surface area (Å²) in [7, 11) is -3.15. The molecule has 1 aromatic rings. The molecule has 1 unspecified atom stereocenters. The Bertz CT molecular complexity index is 650. The van der Waals surface area contributed by atoms with Gasteiger partial charge in [-0.05, 0) is 40.5 Å². The van der Waals surface area contributed by atoms with Crippen molar-refractivity contribution in [3.8, 4) is 0 Å². The summed E-state index contributed by atoms with van der Waals surface area (Å²) in [6.45, 7) is -0.252. The van der Waals surface area contributed by atoms with E-state index in [9.17, 15) is 17.6 Å². The van der Waals surface area contributed by atoms with Gasteiger partial charge in [-0.2, -0.15) is 0 Å². The molecule has 116 valence electrons. The fourth-order valence-corrected chi connectivity index (χ4v) is 4.35. The van der Waals surface area contributed by atoms with Crippen LogP contribution in [0, 0.1) is 5.82 Å². The first-order chi connectivity index (χ1) is 9.84.